The third-order valence-corrected chi connectivity index (χ3v) is 17.0. The zero-order valence-corrected chi connectivity index (χ0v) is 31.6. The first-order valence-electron chi connectivity index (χ1n) is 19.8. The van der Waals surface area contributed by atoms with Crippen LogP contribution in [-0.2, 0) is 23.9 Å². The number of hydrogen-bond donors (Lipinski definition) is 0. The van der Waals surface area contributed by atoms with E-state index >= 15 is 0 Å². The summed E-state index contributed by atoms with van der Waals surface area (Å²) in [4.78, 5) is 43.6. The number of allylic oxidation sites excluding steroid dienone is 2. The predicted octanol–water partition coefficient (Wildman–Crippen LogP) is 8.71. The Bertz CT molecular complexity index is 1370. The first-order valence-corrected chi connectivity index (χ1v) is 19.8. The number of fused-ring (bicyclic) bond motifs is 8. The van der Waals surface area contributed by atoms with E-state index in [4.69, 9.17) is 9.47 Å². The summed E-state index contributed by atoms with van der Waals surface area (Å²) >= 11 is 0. The molecule has 7 rings (SSSR count). The van der Waals surface area contributed by atoms with Crippen molar-refractivity contribution >= 4 is 17.7 Å². The molecule has 0 aromatic rings. The van der Waals surface area contributed by atoms with E-state index in [-0.39, 0.29) is 57.0 Å². The van der Waals surface area contributed by atoms with Gasteiger partial charge in [0.15, 0.2) is 5.78 Å². The highest BCUT2D eigenvalue weighted by molar-refractivity contribution is 5.95. The standard InChI is InChI=1S/C42H65NO5/c1-27(44)48-34-15-16-40(6)33(37(34,2)3)14-17-42(8)35(40)32(45)24-29-30-25-39(5,19-18-38(30,4)20-21-41(29,42)7)36(46)47-26-28-12-11-23-43-22-10-9-13-31(28)43/h24,28,30-31,33-35H,9-23,25-26H2,1-8H3/t28-,30+,31+,33+,34-,35+,38+,39-,40-,41-,42+/m0/s1. The second kappa shape index (κ2) is 11.7. The highest BCUT2D eigenvalue weighted by Gasteiger charge is 2.70. The van der Waals surface area contributed by atoms with Crippen LogP contribution in [0.25, 0.3) is 0 Å². The van der Waals surface area contributed by atoms with Crippen molar-refractivity contribution in [1.29, 1.82) is 0 Å². The maximum Gasteiger partial charge on any atom is 0.311 e. The smallest absolute Gasteiger partial charge is 0.311 e. The summed E-state index contributed by atoms with van der Waals surface area (Å²) in [7, 11) is 0. The number of ketones is 1. The topological polar surface area (TPSA) is 72.9 Å². The summed E-state index contributed by atoms with van der Waals surface area (Å²) in [6.07, 6.45) is 16.9. The number of nitrogens with zero attached hydrogens (tertiary/aromatic N) is 1. The van der Waals surface area contributed by atoms with Crippen molar-refractivity contribution in [3.63, 3.8) is 0 Å². The first kappa shape index (κ1) is 34.7. The lowest BCUT2D eigenvalue weighted by Crippen LogP contribution is -2.66. The van der Waals surface area contributed by atoms with Gasteiger partial charge in [0.25, 0.3) is 0 Å². The van der Waals surface area contributed by atoms with Gasteiger partial charge in [0.1, 0.15) is 6.10 Å². The molecule has 5 aliphatic carbocycles. The van der Waals surface area contributed by atoms with Crippen LogP contribution in [0.4, 0.5) is 0 Å². The van der Waals surface area contributed by atoms with E-state index in [9.17, 15) is 14.4 Å². The monoisotopic (exact) mass is 663 g/mol. The van der Waals surface area contributed by atoms with Crippen molar-refractivity contribution in [2.45, 2.75) is 157 Å². The molecule has 0 aromatic heterocycles. The van der Waals surface area contributed by atoms with Gasteiger partial charge in [-0.3, -0.25) is 19.3 Å². The first-order chi connectivity index (χ1) is 22.5. The van der Waals surface area contributed by atoms with E-state index in [1.54, 1.807) is 0 Å². The molecule has 268 valence electrons. The molecule has 6 nitrogen and oxygen atoms in total. The van der Waals surface area contributed by atoms with Gasteiger partial charge >= 0.3 is 11.9 Å². The molecule has 2 saturated heterocycles. The average Bonchev–Trinajstić information content (AvgIpc) is 3.03. The quantitative estimate of drug-likeness (QED) is 0.280. The number of piperidine rings is 2. The maximum absolute atomic E-state index is 14.8. The minimum Gasteiger partial charge on any atom is -0.465 e. The molecule has 11 atom stereocenters. The molecule has 4 saturated carbocycles. The lowest BCUT2D eigenvalue weighted by molar-refractivity contribution is -0.210. The molecule has 0 bridgehead atoms. The fourth-order valence-corrected chi connectivity index (χ4v) is 13.9. The van der Waals surface area contributed by atoms with Crippen molar-refractivity contribution in [2.75, 3.05) is 19.7 Å². The van der Waals surface area contributed by atoms with Crippen LogP contribution in [0.1, 0.15) is 145 Å². The summed E-state index contributed by atoms with van der Waals surface area (Å²) in [5, 5.41) is 0. The minimum atomic E-state index is -0.520. The van der Waals surface area contributed by atoms with Gasteiger partial charge in [-0.05, 0) is 143 Å². The summed E-state index contributed by atoms with van der Waals surface area (Å²) in [6.45, 7) is 21.0. The van der Waals surface area contributed by atoms with Crippen LogP contribution in [-0.4, -0.2) is 54.5 Å². The highest BCUT2D eigenvalue weighted by Crippen LogP contribution is 2.75. The second-order valence-corrected chi connectivity index (χ2v) is 19.8. The molecule has 0 aromatic carbocycles. The number of ether oxygens (including phenoxy) is 2. The van der Waals surface area contributed by atoms with E-state index in [1.165, 1.54) is 57.7 Å². The molecule has 0 radical (unpaired) electrons. The van der Waals surface area contributed by atoms with E-state index in [1.807, 2.05) is 0 Å². The molecule has 0 N–H and O–H groups in total. The molecule has 48 heavy (non-hydrogen) atoms. The molecule has 0 spiro atoms. The third kappa shape index (κ3) is 5.05. The van der Waals surface area contributed by atoms with Gasteiger partial charge in [-0.25, -0.2) is 0 Å². The number of esters is 2. The Balaban J connectivity index is 1.15. The average molecular weight is 664 g/mol. The molecule has 6 fully saturated rings. The van der Waals surface area contributed by atoms with Gasteiger partial charge in [-0.1, -0.05) is 53.5 Å². The van der Waals surface area contributed by atoms with Crippen LogP contribution in [0.15, 0.2) is 11.6 Å². The number of carbonyl (C=O) groups excluding carboxylic acids is 3. The Morgan fingerprint density at radius 3 is 2.33 bits per heavy atom. The summed E-state index contributed by atoms with van der Waals surface area (Å²) in [6, 6.07) is 0.577. The van der Waals surface area contributed by atoms with Gasteiger partial charge in [-0.15, -0.1) is 0 Å². The number of hydrogen-bond acceptors (Lipinski definition) is 6. The SMILES string of the molecule is CC(=O)O[C@H]1CC[C@@]2(C)[C@H](CC[C@]3(C)[C@@H]2C(=O)C=C2[C@H]4C[C@@](C)(C(=O)OC[C@@H]5CCCN6CCCC[C@H]56)CC[C@]4(C)CC[C@@]23C)C1(C)C. The highest BCUT2D eigenvalue weighted by atomic mass is 16.5. The van der Waals surface area contributed by atoms with Gasteiger partial charge in [0.05, 0.1) is 12.0 Å². The van der Waals surface area contributed by atoms with Crippen LogP contribution in [0.5, 0.6) is 0 Å². The molecule has 7 aliphatic rings. The molecule has 6 heteroatoms. The van der Waals surface area contributed by atoms with Crippen LogP contribution in [0.2, 0.25) is 0 Å². The summed E-state index contributed by atoms with van der Waals surface area (Å²) < 4.78 is 12.2. The Hall–Kier alpha value is -1.69. The molecule has 2 heterocycles. The van der Waals surface area contributed by atoms with Gasteiger partial charge in [-0.2, -0.15) is 0 Å². The lowest BCUT2D eigenvalue weighted by Gasteiger charge is -2.70. The fraction of sp³-hybridized carbons (Fsp3) is 0.881. The molecule has 2 aliphatic heterocycles. The van der Waals surface area contributed by atoms with Crippen molar-refractivity contribution in [3.8, 4) is 0 Å². The minimum absolute atomic E-state index is 0.00336. The van der Waals surface area contributed by atoms with Crippen LogP contribution in [0.3, 0.4) is 0 Å². The van der Waals surface area contributed by atoms with Gasteiger partial charge in [0, 0.05) is 30.2 Å². The van der Waals surface area contributed by atoms with Crippen LogP contribution >= 0.6 is 0 Å². The van der Waals surface area contributed by atoms with Crippen molar-refractivity contribution < 1.29 is 23.9 Å². The van der Waals surface area contributed by atoms with E-state index in [0.717, 1.165) is 57.8 Å². The summed E-state index contributed by atoms with van der Waals surface area (Å²) in [5.74, 6) is 1.05. The normalized spacial score (nSPS) is 48.4. The van der Waals surface area contributed by atoms with Gasteiger partial charge in [0.2, 0.25) is 0 Å². The number of rotatable bonds is 4. The second-order valence-electron chi connectivity index (χ2n) is 19.8. The molecule has 0 amide bonds. The van der Waals surface area contributed by atoms with Crippen LogP contribution < -0.4 is 0 Å². The Morgan fingerprint density at radius 1 is 0.854 bits per heavy atom. The third-order valence-electron chi connectivity index (χ3n) is 17.0. The van der Waals surface area contributed by atoms with E-state index in [0.29, 0.717) is 30.3 Å². The molecular formula is C42H65NO5. The Morgan fingerprint density at radius 2 is 1.58 bits per heavy atom. The number of carbonyl (C=O) groups is 3. The lowest BCUT2D eigenvalue weighted by atomic mass is 9.33. The zero-order chi connectivity index (χ0) is 34.5. The van der Waals surface area contributed by atoms with Crippen molar-refractivity contribution in [3.05, 3.63) is 11.6 Å². The predicted molar refractivity (Wildman–Crippen MR) is 188 cm³/mol. The van der Waals surface area contributed by atoms with E-state index in [2.05, 4.69) is 59.4 Å². The zero-order valence-electron chi connectivity index (χ0n) is 31.6. The molecular weight excluding hydrogens is 598 g/mol. The van der Waals surface area contributed by atoms with Crippen molar-refractivity contribution in [2.24, 2.45) is 56.2 Å². The van der Waals surface area contributed by atoms with E-state index < -0.39 is 5.41 Å². The largest absolute Gasteiger partial charge is 0.465 e. The van der Waals surface area contributed by atoms with Crippen molar-refractivity contribution in [1.82, 2.24) is 4.90 Å². The summed E-state index contributed by atoms with van der Waals surface area (Å²) in [5.41, 5.74) is 0.364. The Labute approximate surface area is 290 Å². The van der Waals surface area contributed by atoms with Crippen LogP contribution in [0, 0.1) is 56.2 Å². The Kier molecular flexibility index (Phi) is 8.45. The maximum atomic E-state index is 14.8. The van der Waals surface area contributed by atoms with Gasteiger partial charge < -0.3 is 9.47 Å². The molecule has 0 unspecified atom stereocenters. The fourth-order valence-electron chi connectivity index (χ4n) is 13.9.